The first-order chi connectivity index (χ1) is 8.65. The van der Waals surface area contributed by atoms with Crippen LogP contribution in [0, 0.1) is 5.82 Å². The van der Waals surface area contributed by atoms with E-state index in [2.05, 4.69) is 4.90 Å². The fourth-order valence-electron chi connectivity index (χ4n) is 3.37. The Labute approximate surface area is 111 Å². The number of rotatable bonds is 2. The van der Waals surface area contributed by atoms with Gasteiger partial charge >= 0.3 is 0 Å². The summed E-state index contributed by atoms with van der Waals surface area (Å²) < 4.78 is 13.4. The highest BCUT2D eigenvalue weighted by molar-refractivity contribution is 6.31. The van der Waals surface area contributed by atoms with Gasteiger partial charge in [-0.15, -0.1) is 0 Å². The minimum Gasteiger partial charge on any atom is -0.393 e. The van der Waals surface area contributed by atoms with E-state index < -0.39 is 0 Å². The minimum atomic E-state index is -0.349. The van der Waals surface area contributed by atoms with Crippen molar-refractivity contribution in [2.45, 2.75) is 50.4 Å². The Balaban J connectivity index is 1.79. The largest absolute Gasteiger partial charge is 0.393 e. The molecule has 1 N–H and O–H groups in total. The number of nitrogens with zero attached hydrogens (tertiary/aromatic N) is 1. The van der Waals surface area contributed by atoms with E-state index in [-0.39, 0.29) is 16.9 Å². The second-order valence-electron chi connectivity index (χ2n) is 5.40. The molecule has 2 bridgehead atoms. The van der Waals surface area contributed by atoms with Crippen molar-refractivity contribution in [1.82, 2.24) is 4.90 Å². The number of hydrogen-bond acceptors (Lipinski definition) is 2. The van der Waals surface area contributed by atoms with Crippen molar-refractivity contribution in [2.24, 2.45) is 0 Å². The van der Waals surface area contributed by atoms with E-state index in [0.717, 1.165) is 31.2 Å². The van der Waals surface area contributed by atoms with Crippen LogP contribution < -0.4 is 0 Å². The number of aliphatic hydroxyl groups is 1. The molecule has 0 spiro atoms. The number of aliphatic hydroxyl groups excluding tert-OH is 1. The second kappa shape index (κ2) is 4.80. The van der Waals surface area contributed by atoms with Gasteiger partial charge in [-0.05, 0) is 37.3 Å². The van der Waals surface area contributed by atoms with Gasteiger partial charge in [-0.2, -0.15) is 0 Å². The maximum Gasteiger partial charge on any atom is 0.142 e. The molecule has 0 amide bonds. The van der Waals surface area contributed by atoms with Crippen LogP contribution in [0.25, 0.3) is 0 Å². The zero-order chi connectivity index (χ0) is 12.7. The molecule has 0 aromatic heterocycles. The molecule has 2 nitrogen and oxygen atoms in total. The summed E-state index contributed by atoms with van der Waals surface area (Å²) in [6.45, 7) is 0.693. The molecule has 2 heterocycles. The van der Waals surface area contributed by atoms with Crippen LogP contribution in [0.15, 0.2) is 18.2 Å². The highest BCUT2D eigenvalue weighted by Crippen LogP contribution is 2.37. The van der Waals surface area contributed by atoms with Gasteiger partial charge in [0.1, 0.15) is 5.82 Å². The van der Waals surface area contributed by atoms with Gasteiger partial charge < -0.3 is 5.11 Å². The minimum absolute atomic E-state index is 0.165. The first kappa shape index (κ1) is 12.4. The van der Waals surface area contributed by atoms with E-state index in [9.17, 15) is 9.50 Å². The van der Waals surface area contributed by atoms with Crippen molar-refractivity contribution in [2.75, 3.05) is 0 Å². The van der Waals surface area contributed by atoms with Gasteiger partial charge in [0.25, 0.3) is 0 Å². The van der Waals surface area contributed by atoms with Crippen LogP contribution in [0.4, 0.5) is 4.39 Å². The Morgan fingerprint density at radius 2 is 1.94 bits per heavy atom. The Kier molecular flexibility index (Phi) is 3.31. The third-order valence-corrected chi connectivity index (χ3v) is 4.67. The van der Waals surface area contributed by atoms with Crippen molar-refractivity contribution in [3.05, 3.63) is 34.6 Å². The van der Waals surface area contributed by atoms with Crippen molar-refractivity contribution in [1.29, 1.82) is 0 Å². The highest BCUT2D eigenvalue weighted by Gasteiger charge is 2.40. The first-order valence-electron chi connectivity index (χ1n) is 6.52. The van der Waals surface area contributed by atoms with Crippen LogP contribution in [-0.4, -0.2) is 28.2 Å². The van der Waals surface area contributed by atoms with Gasteiger partial charge in [0, 0.05) is 18.6 Å². The molecule has 2 aliphatic rings. The second-order valence-corrected chi connectivity index (χ2v) is 5.77. The normalized spacial score (nSPS) is 31.8. The third kappa shape index (κ3) is 2.15. The summed E-state index contributed by atoms with van der Waals surface area (Å²) in [6, 6.07) is 5.84. The molecule has 2 atom stereocenters. The molecule has 98 valence electrons. The maximum absolute atomic E-state index is 13.4. The molecular weight excluding hydrogens is 253 g/mol. The van der Waals surface area contributed by atoms with E-state index in [4.69, 9.17) is 11.6 Å². The van der Waals surface area contributed by atoms with E-state index in [1.165, 1.54) is 6.07 Å². The Bertz CT molecular complexity index is 439. The zero-order valence-corrected chi connectivity index (χ0v) is 10.9. The maximum atomic E-state index is 13.4. The summed E-state index contributed by atoms with van der Waals surface area (Å²) in [5.74, 6) is -0.349. The van der Waals surface area contributed by atoms with Gasteiger partial charge in [-0.25, -0.2) is 4.39 Å². The van der Waals surface area contributed by atoms with E-state index in [1.54, 1.807) is 6.07 Å². The lowest BCUT2D eigenvalue weighted by Gasteiger charge is -2.37. The van der Waals surface area contributed by atoms with Crippen molar-refractivity contribution in [3.8, 4) is 0 Å². The van der Waals surface area contributed by atoms with Crippen molar-refractivity contribution in [3.63, 3.8) is 0 Å². The summed E-state index contributed by atoms with van der Waals surface area (Å²) in [4.78, 5) is 2.38. The number of halogens is 2. The lowest BCUT2D eigenvalue weighted by atomic mass is 9.99. The molecule has 0 aliphatic carbocycles. The smallest absolute Gasteiger partial charge is 0.142 e. The van der Waals surface area contributed by atoms with Crippen LogP contribution in [0.1, 0.15) is 31.2 Å². The molecule has 1 aromatic carbocycles. The molecule has 0 radical (unpaired) electrons. The SMILES string of the molecule is OC1CC2CCC(C1)N2Cc1cccc(F)c1Cl. The molecule has 18 heavy (non-hydrogen) atoms. The number of piperidine rings is 1. The fraction of sp³-hybridized carbons (Fsp3) is 0.571. The standard InChI is InChI=1S/C14H17ClFNO/c15-14-9(2-1-3-13(14)16)8-17-10-4-5-11(17)7-12(18)6-10/h1-3,10-12,18H,4-8H2. The molecular formula is C14H17ClFNO. The Hall–Kier alpha value is -0.640. The fourth-order valence-corrected chi connectivity index (χ4v) is 3.56. The van der Waals surface area contributed by atoms with Gasteiger partial charge in [0.15, 0.2) is 0 Å². The number of benzene rings is 1. The molecule has 2 unspecified atom stereocenters. The van der Waals surface area contributed by atoms with E-state index >= 15 is 0 Å². The topological polar surface area (TPSA) is 23.5 Å². The van der Waals surface area contributed by atoms with Crippen LogP contribution in [0.3, 0.4) is 0 Å². The average molecular weight is 270 g/mol. The molecule has 3 rings (SSSR count). The lowest BCUT2D eigenvalue weighted by Crippen LogP contribution is -2.44. The van der Waals surface area contributed by atoms with Gasteiger partial charge in [0.2, 0.25) is 0 Å². The summed E-state index contributed by atoms with van der Waals surface area (Å²) in [5.41, 5.74) is 0.852. The monoisotopic (exact) mass is 269 g/mol. The van der Waals surface area contributed by atoms with Gasteiger partial charge in [-0.3, -0.25) is 4.90 Å². The molecule has 2 aliphatic heterocycles. The summed E-state index contributed by atoms with van der Waals surface area (Å²) in [6.07, 6.45) is 3.78. The molecule has 4 heteroatoms. The third-order valence-electron chi connectivity index (χ3n) is 4.24. The zero-order valence-electron chi connectivity index (χ0n) is 10.1. The van der Waals surface area contributed by atoms with Crippen LogP contribution >= 0.6 is 11.6 Å². The van der Waals surface area contributed by atoms with Crippen molar-refractivity contribution < 1.29 is 9.50 Å². The quantitative estimate of drug-likeness (QED) is 0.892. The predicted octanol–water partition coefficient (Wildman–Crippen LogP) is 2.97. The van der Waals surface area contributed by atoms with Crippen LogP contribution in [-0.2, 0) is 6.54 Å². The average Bonchev–Trinajstić information content (AvgIpc) is 2.58. The molecule has 1 aromatic rings. The highest BCUT2D eigenvalue weighted by atomic mass is 35.5. The Morgan fingerprint density at radius 1 is 1.28 bits per heavy atom. The van der Waals surface area contributed by atoms with Gasteiger partial charge in [0.05, 0.1) is 11.1 Å². The summed E-state index contributed by atoms with van der Waals surface area (Å²) >= 11 is 6.01. The van der Waals surface area contributed by atoms with Crippen LogP contribution in [0.2, 0.25) is 5.02 Å². The molecule has 0 saturated carbocycles. The first-order valence-corrected chi connectivity index (χ1v) is 6.89. The van der Waals surface area contributed by atoms with E-state index in [0.29, 0.717) is 18.6 Å². The summed E-state index contributed by atoms with van der Waals surface area (Å²) in [5, 5.41) is 10.00. The summed E-state index contributed by atoms with van der Waals surface area (Å²) in [7, 11) is 0. The van der Waals surface area contributed by atoms with Crippen LogP contribution in [0.5, 0.6) is 0 Å². The lowest BCUT2D eigenvalue weighted by molar-refractivity contribution is 0.0310. The van der Waals surface area contributed by atoms with Gasteiger partial charge in [-0.1, -0.05) is 23.7 Å². The van der Waals surface area contributed by atoms with E-state index in [1.807, 2.05) is 6.07 Å². The molecule has 2 fully saturated rings. The van der Waals surface area contributed by atoms with Crippen molar-refractivity contribution >= 4 is 11.6 Å². The number of hydrogen-bond donors (Lipinski definition) is 1. The number of fused-ring (bicyclic) bond motifs is 2. The predicted molar refractivity (Wildman–Crippen MR) is 69.0 cm³/mol. The Morgan fingerprint density at radius 3 is 2.61 bits per heavy atom. The molecule has 2 saturated heterocycles.